The van der Waals surface area contributed by atoms with Gasteiger partial charge in [-0.25, -0.2) is 0 Å². The van der Waals surface area contributed by atoms with E-state index in [0.29, 0.717) is 0 Å². The molecule has 0 bridgehead atoms. The van der Waals surface area contributed by atoms with Gasteiger partial charge in [-0.3, -0.25) is 0 Å². The molecular weight excluding hydrogens is 346 g/mol. The fraction of sp³-hybridized carbons (Fsp3) is 0.0400. The van der Waals surface area contributed by atoms with Crippen LogP contribution in [0.3, 0.4) is 0 Å². The first-order valence-corrected chi connectivity index (χ1v) is 10.00. The Labute approximate surface area is 161 Å². The minimum atomic E-state index is 1.27. The van der Waals surface area contributed by atoms with Crippen molar-refractivity contribution in [2.45, 2.75) is 0 Å². The summed E-state index contributed by atoms with van der Waals surface area (Å²) in [5.41, 5.74) is 5.15. The Hall–Kier alpha value is -3.10. The molecule has 0 fully saturated rings. The first-order chi connectivity index (χ1) is 13.3. The van der Waals surface area contributed by atoms with Crippen LogP contribution in [0.4, 0.5) is 0 Å². The maximum absolute atomic E-state index is 2.37. The summed E-state index contributed by atoms with van der Waals surface area (Å²) in [6.07, 6.45) is 0. The molecule has 0 aliphatic rings. The number of rotatable bonds is 1. The Morgan fingerprint density at radius 3 is 2.22 bits per heavy atom. The molecule has 0 radical (unpaired) electrons. The monoisotopic (exact) mass is 363 g/mol. The van der Waals surface area contributed by atoms with Crippen molar-refractivity contribution >= 4 is 53.3 Å². The van der Waals surface area contributed by atoms with Crippen molar-refractivity contribution in [3.05, 3.63) is 84.9 Å². The van der Waals surface area contributed by atoms with Gasteiger partial charge in [0.15, 0.2) is 0 Å². The number of fused-ring (bicyclic) bond motifs is 6. The number of para-hydroxylation sites is 1. The van der Waals surface area contributed by atoms with Gasteiger partial charge >= 0.3 is 0 Å². The van der Waals surface area contributed by atoms with E-state index in [0.717, 1.165) is 0 Å². The smallest absolute Gasteiger partial charge is 0.0495 e. The highest BCUT2D eigenvalue weighted by molar-refractivity contribution is 7.25. The number of aromatic nitrogens is 1. The van der Waals surface area contributed by atoms with E-state index in [1.807, 2.05) is 11.3 Å². The quantitative estimate of drug-likeness (QED) is 0.287. The van der Waals surface area contributed by atoms with Crippen LogP contribution in [0.5, 0.6) is 0 Å². The van der Waals surface area contributed by atoms with Crippen LogP contribution >= 0.6 is 11.3 Å². The predicted molar refractivity (Wildman–Crippen MR) is 119 cm³/mol. The molecule has 0 spiro atoms. The summed E-state index contributed by atoms with van der Waals surface area (Å²) in [7, 11) is 2.17. The lowest BCUT2D eigenvalue weighted by molar-refractivity contribution is 1.02. The van der Waals surface area contributed by atoms with Crippen molar-refractivity contribution in [3.8, 4) is 11.1 Å². The van der Waals surface area contributed by atoms with E-state index in [1.54, 1.807) is 0 Å². The number of benzene rings is 4. The standard InChI is InChI=1S/C25H17NS/c1-26-22-10-6-5-9-18(22)20-15-25-21(14-23(20)26)19-12-11-17(13-24(19)27-25)16-7-3-2-4-8-16/h2-15H,1H3. The zero-order valence-electron chi connectivity index (χ0n) is 14.9. The number of aryl methyl sites for hydroxylation is 1. The third-order valence-corrected chi connectivity index (χ3v) is 6.73. The van der Waals surface area contributed by atoms with Crippen molar-refractivity contribution in [2.75, 3.05) is 0 Å². The topological polar surface area (TPSA) is 4.93 Å². The average Bonchev–Trinajstić information content (AvgIpc) is 3.22. The van der Waals surface area contributed by atoms with Gasteiger partial charge in [0.05, 0.1) is 0 Å². The van der Waals surface area contributed by atoms with Gasteiger partial charge in [0, 0.05) is 49.0 Å². The Balaban J connectivity index is 1.67. The number of nitrogens with zero attached hydrogens (tertiary/aromatic N) is 1. The summed E-state index contributed by atoms with van der Waals surface area (Å²) in [6, 6.07) is 30.9. The van der Waals surface area contributed by atoms with Gasteiger partial charge in [-0.15, -0.1) is 11.3 Å². The first kappa shape index (κ1) is 15.0. The highest BCUT2D eigenvalue weighted by Gasteiger charge is 2.12. The van der Waals surface area contributed by atoms with Crippen LogP contribution in [0, 0.1) is 0 Å². The van der Waals surface area contributed by atoms with Crippen LogP contribution in [-0.2, 0) is 7.05 Å². The fourth-order valence-electron chi connectivity index (χ4n) is 4.24. The molecule has 0 amide bonds. The van der Waals surface area contributed by atoms with Gasteiger partial charge in [0.1, 0.15) is 0 Å². The molecule has 6 rings (SSSR count). The van der Waals surface area contributed by atoms with Crippen molar-refractivity contribution in [1.82, 2.24) is 4.57 Å². The number of hydrogen-bond donors (Lipinski definition) is 0. The van der Waals surface area contributed by atoms with E-state index in [1.165, 1.54) is 53.1 Å². The summed E-state index contributed by atoms with van der Waals surface area (Å²) in [6.45, 7) is 0. The van der Waals surface area contributed by atoms with Crippen molar-refractivity contribution in [3.63, 3.8) is 0 Å². The predicted octanol–water partition coefficient (Wildman–Crippen LogP) is 7.37. The van der Waals surface area contributed by atoms with Gasteiger partial charge in [0.25, 0.3) is 0 Å². The normalized spacial score (nSPS) is 11.9. The second-order valence-corrected chi connectivity index (χ2v) is 8.20. The van der Waals surface area contributed by atoms with Gasteiger partial charge in [-0.2, -0.15) is 0 Å². The summed E-state index contributed by atoms with van der Waals surface area (Å²) in [5.74, 6) is 0. The molecule has 2 heteroatoms. The molecule has 2 heterocycles. The molecule has 128 valence electrons. The van der Waals surface area contributed by atoms with Gasteiger partial charge < -0.3 is 4.57 Å². The molecule has 0 atom stereocenters. The lowest BCUT2D eigenvalue weighted by Crippen LogP contribution is -1.85. The maximum atomic E-state index is 2.37. The van der Waals surface area contributed by atoms with Crippen molar-refractivity contribution in [1.29, 1.82) is 0 Å². The number of thiophene rings is 1. The molecule has 0 aliphatic carbocycles. The van der Waals surface area contributed by atoms with Gasteiger partial charge in [-0.05, 0) is 35.4 Å². The summed E-state index contributed by atoms with van der Waals surface area (Å²) in [5, 5.41) is 5.38. The van der Waals surface area contributed by atoms with Crippen molar-refractivity contribution in [2.24, 2.45) is 7.05 Å². The van der Waals surface area contributed by atoms with Gasteiger partial charge in [0.2, 0.25) is 0 Å². The highest BCUT2D eigenvalue weighted by atomic mass is 32.1. The molecule has 0 unspecified atom stereocenters. The van der Waals surface area contributed by atoms with Crippen LogP contribution in [0.15, 0.2) is 84.9 Å². The molecule has 0 aliphatic heterocycles. The summed E-state index contributed by atoms with van der Waals surface area (Å²) < 4.78 is 5.02. The van der Waals surface area contributed by atoms with Crippen LogP contribution in [0.2, 0.25) is 0 Å². The van der Waals surface area contributed by atoms with Gasteiger partial charge in [-0.1, -0.05) is 60.7 Å². The molecule has 0 saturated carbocycles. The highest BCUT2D eigenvalue weighted by Crippen LogP contribution is 2.40. The van der Waals surface area contributed by atoms with E-state index in [-0.39, 0.29) is 0 Å². The Kier molecular flexibility index (Phi) is 3.03. The second kappa shape index (κ2) is 5.45. The van der Waals surface area contributed by atoms with Crippen LogP contribution in [0.1, 0.15) is 0 Å². The third-order valence-electron chi connectivity index (χ3n) is 5.61. The van der Waals surface area contributed by atoms with E-state index in [9.17, 15) is 0 Å². The fourth-order valence-corrected chi connectivity index (χ4v) is 5.40. The Bertz CT molecular complexity index is 1470. The minimum Gasteiger partial charge on any atom is -0.344 e. The molecule has 6 aromatic rings. The zero-order chi connectivity index (χ0) is 18.0. The molecule has 2 aromatic heterocycles. The summed E-state index contributed by atoms with van der Waals surface area (Å²) >= 11 is 1.89. The number of hydrogen-bond acceptors (Lipinski definition) is 1. The van der Waals surface area contributed by atoms with E-state index < -0.39 is 0 Å². The molecule has 0 N–H and O–H groups in total. The van der Waals surface area contributed by atoms with E-state index in [2.05, 4.69) is 96.5 Å². The Morgan fingerprint density at radius 2 is 1.33 bits per heavy atom. The molecule has 4 aromatic carbocycles. The maximum Gasteiger partial charge on any atom is 0.0495 e. The largest absolute Gasteiger partial charge is 0.344 e. The average molecular weight is 363 g/mol. The van der Waals surface area contributed by atoms with Crippen molar-refractivity contribution < 1.29 is 0 Å². The molecule has 1 nitrogen and oxygen atoms in total. The second-order valence-electron chi connectivity index (χ2n) is 7.12. The zero-order valence-corrected chi connectivity index (χ0v) is 15.8. The first-order valence-electron chi connectivity index (χ1n) is 9.18. The Morgan fingerprint density at radius 1 is 0.556 bits per heavy atom. The summed E-state index contributed by atoms with van der Waals surface area (Å²) in [4.78, 5) is 0. The van der Waals surface area contributed by atoms with E-state index in [4.69, 9.17) is 0 Å². The van der Waals surface area contributed by atoms with Crippen LogP contribution in [0.25, 0.3) is 53.1 Å². The SMILES string of the molecule is Cn1c2ccccc2c2cc3sc4cc(-c5ccccc5)ccc4c3cc21. The molecule has 0 saturated heterocycles. The van der Waals surface area contributed by atoms with Crippen LogP contribution in [-0.4, -0.2) is 4.57 Å². The minimum absolute atomic E-state index is 1.27. The van der Waals surface area contributed by atoms with Crippen LogP contribution < -0.4 is 0 Å². The molecule has 27 heavy (non-hydrogen) atoms. The molecular formula is C25H17NS. The lowest BCUT2D eigenvalue weighted by Gasteiger charge is -2.01. The third kappa shape index (κ3) is 2.11. The van der Waals surface area contributed by atoms with E-state index >= 15 is 0 Å². The lowest BCUT2D eigenvalue weighted by atomic mass is 10.0.